The lowest BCUT2D eigenvalue weighted by atomic mass is 10.1. The third-order valence-electron chi connectivity index (χ3n) is 4.32. The van der Waals surface area contributed by atoms with Crippen molar-refractivity contribution >= 4 is 35.0 Å². The van der Waals surface area contributed by atoms with Crippen molar-refractivity contribution in [2.45, 2.75) is 23.9 Å². The second-order valence-electron chi connectivity index (χ2n) is 6.60. The van der Waals surface area contributed by atoms with Crippen LogP contribution in [0.3, 0.4) is 0 Å². The van der Waals surface area contributed by atoms with Crippen LogP contribution in [0.5, 0.6) is 0 Å². The Bertz CT molecular complexity index is 1190. The molecule has 0 aliphatic rings. The van der Waals surface area contributed by atoms with Gasteiger partial charge in [0.1, 0.15) is 0 Å². The fourth-order valence-corrected chi connectivity index (χ4v) is 4.22. The van der Waals surface area contributed by atoms with Crippen molar-refractivity contribution in [3.8, 4) is 0 Å². The summed E-state index contributed by atoms with van der Waals surface area (Å²) in [7, 11) is 0. The number of halogens is 2. The van der Waals surface area contributed by atoms with Crippen LogP contribution in [0, 0.1) is 0 Å². The second kappa shape index (κ2) is 9.47. The van der Waals surface area contributed by atoms with Gasteiger partial charge in [0.25, 0.3) is 5.56 Å². The highest BCUT2D eigenvalue weighted by atomic mass is 35.5. The average Bonchev–Trinajstić information content (AvgIpc) is 3.17. The summed E-state index contributed by atoms with van der Waals surface area (Å²) in [4.78, 5) is 19.4. The summed E-state index contributed by atoms with van der Waals surface area (Å²) in [5.74, 6) is 0.536. The van der Waals surface area contributed by atoms with E-state index < -0.39 is 0 Å². The number of hydrogen-bond acceptors (Lipinski definition) is 5. The molecule has 9 heteroatoms. The van der Waals surface area contributed by atoms with Gasteiger partial charge in [0.2, 0.25) is 0 Å². The first kappa shape index (κ1) is 20.7. The van der Waals surface area contributed by atoms with Crippen molar-refractivity contribution in [3.05, 3.63) is 104 Å². The van der Waals surface area contributed by atoms with Crippen LogP contribution in [0.1, 0.15) is 22.5 Å². The van der Waals surface area contributed by atoms with Crippen molar-refractivity contribution in [1.82, 2.24) is 25.0 Å². The predicted octanol–water partition coefficient (Wildman–Crippen LogP) is 4.60. The zero-order valence-electron chi connectivity index (χ0n) is 15.8. The van der Waals surface area contributed by atoms with E-state index in [-0.39, 0.29) is 5.56 Å². The number of benzene rings is 2. The highest BCUT2D eigenvalue weighted by Crippen LogP contribution is 2.26. The monoisotopic (exact) mass is 457 g/mol. The van der Waals surface area contributed by atoms with Gasteiger partial charge in [-0.2, -0.15) is 0 Å². The molecule has 0 amide bonds. The molecule has 4 aromatic rings. The van der Waals surface area contributed by atoms with E-state index in [1.807, 2.05) is 36.5 Å². The van der Waals surface area contributed by atoms with Gasteiger partial charge in [-0.25, -0.2) is 9.67 Å². The van der Waals surface area contributed by atoms with E-state index in [0.29, 0.717) is 39.6 Å². The first-order chi connectivity index (χ1) is 14.6. The molecule has 0 spiro atoms. The maximum absolute atomic E-state index is 12.1. The van der Waals surface area contributed by atoms with Gasteiger partial charge < -0.3 is 4.98 Å². The number of nitrogens with one attached hydrogen (secondary N) is 1. The lowest BCUT2D eigenvalue weighted by molar-refractivity contribution is 0.649. The SMILES string of the molecule is O=c1cc(Cc2c(Cl)cccc2Cl)nc(SCc2cn(Cc3ccccc3)nn2)[nH]1. The molecule has 0 aliphatic carbocycles. The van der Waals surface area contributed by atoms with E-state index >= 15 is 0 Å². The quantitative estimate of drug-likeness (QED) is 0.324. The molecule has 0 atom stereocenters. The maximum Gasteiger partial charge on any atom is 0.251 e. The zero-order chi connectivity index (χ0) is 20.9. The van der Waals surface area contributed by atoms with Crippen molar-refractivity contribution in [2.75, 3.05) is 0 Å². The summed E-state index contributed by atoms with van der Waals surface area (Å²) in [6, 6.07) is 16.8. The van der Waals surface area contributed by atoms with Gasteiger partial charge in [-0.05, 0) is 23.3 Å². The van der Waals surface area contributed by atoms with Crippen LogP contribution in [0.4, 0.5) is 0 Å². The van der Waals surface area contributed by atoms with Gasteiger partial charge in [0.15, 0.2) is 5.16 Å². The van der Waals surface area contributed by atoms with E-state index in [4.69, 9.17) is 23.2 Å². The molecule has 0 unspecified atom stereocenters. The first-order valence-corrected chi connectivity index (χ1v) is 10.9. The topological polar surface area (TPSA) is 76.5 Å². The van der Waals surface area contributed by atoms with Crippen LogP contribution in [0.15, 0.2) is 70.7 Å². The molecule has 6 nitrogen and oxygen atoms in total. The van der Waals surface area contributed by atoms with E-state index in [1.54, 1.807) is 22.9 Å². The Labute approximate surface area is 187 Å². The van der Waals surface area contributed by atoms with E-state index in [1.165, 1.54) is 17.8 Å². The molecular weight excluding hydrogens is 441 g/mol. The number of aromatic amines is 1. The Hall–Kier alpha value is -2.61. The van der Waals surface area contributed by atoms with Gasteiger partial charge in [0.05, 0.1) is 17.9 Å². The van der Waals surface area contributed by atoms with Crippen molar-refractivity contribution in [2.24, 2.45) is 0 Å². The zero-order valence-corrected chi connectivity index (χ0v) is 18.1. The van der Waals surface area contributed by atoms with E-state index in [9.17, 15) is 4.79 Å². The molecule has 1 N–H and O–H groups in total. The summed E-state index contributed by atoms with van der Waals surface area (Å²) in [6.07, 6.45) is 2.27. The standard InChI is InChI=1S/C21H17Cl2N5OS/c22-18-7-4-8-19(23)17(18)9-15-10-20(29)25-21(24-15)30-13-16-12-28(27-26-16)11-14-5-2-1-3-6-14/h1-8,10,12H,9,11,13H2,(H,24,25,29). The van der Waals surface area contributed by atoms with Gasteiger partial charge in [-0.3, -0.25) is 4.79 Å². The summed E-state index contributed by atoms with van der Waals surface area (Å²) < 4.78 is 1.79. The molecule has 2 aromatic heterocycles. The van der Waals surface area contributed by atoms with Crippen LogP contribution >= 0.6 is 35.0 Å². The second-order valence-corrected chi connectivity index (χ2v) is 8.38. The number of thioether (sulfide) groups is 1. The Kier molecular flexibility index (Phi) is 6.52. The highest BCUT2D eigenvalue weighted by molar-refractivity contribution is 7.98. The van der Waals surface area contributed by atoms with E-state index in [2.05, 4.69) is 20.3 Å². The lowest BCUT2D eigenvalue weighted by Gasteiger charge is -2.07. The third-order valence-corrected chi connectivity index (χ3v) is 5.94. The number of hydrogen-bond donors (Lipinski definition) is 1. The molecule has 152 valence electrons. The molecule has 4 rings (SSSR count). The fourth-order valence-electron chi connectivity index (χ4n) is 2.92. The van der Waals surface area contributed by atoms with Crippen LogP contribution in [-0.2, 0) is 18.7 Å². The van der Waals surface area contributed by atoms with Gasteiger partial charge >= 0.3 is 0 Å². The molecule has 30 heavy (non-hydrogen) atoms. The smallest absolute Gasteiger partial charge is 0.251 e. The predicted molar refractivity (Wildman–Crippen MR) is 119 cm³/mol. The van der Waals surface area contributed by atoms with Crippen LogP contribution < -0.4 is 5.56 Å². The molecule has 0 saturated heterocycles. The van der Waals surface area contributed by atoms with Gasteiger partial charge in [0, 0.05) is 34.5 Å². The number of H-pyrrole nitrogens is 1. The van der Waals surface area contributed by atoms with Crippen LogP contribution in [-0.4, -0.2) is 25.0 Å². The fraction of sp³-hybridized carbons (Fsp3) is 0.143. The summed E-state index contributed by atoms with van der Waals surface area (Å²) in [5.41, 5.74) is 3.08. The largest absolute Gasteiger partial charge is 0.301 e. The maximum atomic E-state index is 12.1. The molecule has 2 heterocycles. The minimum Gasteiger partial charge on any atom is -0.301 e. The Morgan fingerprint density at radius 3 is 2.53 bits per heavy atom. The van der Waals surface area contributed by atoms with Gasteiger partial charge in [-0.1, -0.05) is 76.6 Å². The normalized spacial score (nSPS) is 11.0. The highest BCUT2D eigenvalue weighted by Gasteiger charge is 2.10. The Morgan fingerprint density at radius 1 is 1.00 bits per heavy atom. The number of rotatable bonds is 7. The van der Waals surface area contributed by atoms with Crippen molar-refractivity contribution in [1.29, 1.82) is 0 Å². The van der Waals surface area contributed by atoms with E-state index in [0.717, 1.165) is 16.8 Å². The molecule has 0 aliphatic heterocycles. The van der Waals surface area contributed by atoms with Crippen molar-refractivity contribution < 1.29 is 0 Å². The summed E-state index contributed by atoms with van der Waals surface area (Å²) >= 11 is 13.9. The third kappa shape index (κ3) is 5.30. The first-order valence-electron chi connectivity index (χ1n) is 9.16. The minimum absolute atomic E-state index is 0.224. The number of nitrogens with zero attached hydrogens (tertiary/aromatic N) is 4. The molecular formula is C21H17Cl2N5OS. The summed E-state index contributed by atoms with van der Waals surface area (Å²) in [5, 5.41) is 9.98. The molecule has 0 fully saturated rings. The Morgan fingerprint density at radius 2 is 1.77 bits per heavy atom. The minimum atomic E-state index is -0.224. The molecule has 2 aromatic carbocycles. The van der Waals surface area contributed by atoms with Crippen LogP contribution in [0.2, 0.25) is 10.0 Å². The molecule has 0 bridgehead atoms. The summed E-state index contributed by atoms with van der Waals surface area (Å²) in [6.45, 7) is 0.654. The van der Waals surface area contributed by atoms with Crippen LogP contribution in [0.25, 0.3) is 0 Å². The molecule has 0 saturated carbocycles. The van der Waals surface area contributed by atoms with Gasteiger partial charge in [-0.15, -0.1) is 5.10 Å². The average molecular weight is 458 g/mol. The lowest BCUT2D eigenvalue weighted by Crippen LogP contribution is -2.10. The Balaban J connectivity index is 1.44. The van der Waals surface area contributed by atoms with Crippen molar-refractivity contribution in [3.63, 3.8) is 0 Å². The number of aromatic nitrogens is 5. The molecule has 0 radical (unpaired) electrons.